The molecule has 0 rings (SSSR count). The minimum absolute atomic E-state index is 0.107. The molecule has 108 valence electrons. The van der Waals surface area contributed by atoms with E-state index in [1.807, 2.05) is 6.07 Å². The van der Waals surface area contributed by atoms with Crippen LogP contribution in [-0.4, -0.2) is 32.2 Å². The highest BCUT2D eigenvalue weighted by molar-refractivity contribution is 8.03. The van der Waals surface area contributed by atoms with Crippen LogP contribution in [0, 0.1) is 16.7 Å². The van der Waals surface area contributed by atoms with Crippen molar-refractivity contribution in [1.29, 1.82) is 5.26 Å². The standard InChI is InChI=1S/C9H11Cl4N3O2S/c1-8(2,5-14)6-15-18-7(17)16(4-3-10)19-9(11,12)13/h6H,3-4H2,1-2H3. The molecule has 0 radical (unpaired) electrons. The summed E-state index contributed by atoms with van der Waals surface area (Å²) >= 11 is 22.8. The molecule has 0 saturated heterocycles. The van der Waals surface area contributed by atoms with Crippen LogP contribution in [0.1, 0.15) is 13.8 Å². The van der Waals surface area contributed by atoms with Gasteiger partial charge in [0.25, 0.3) is 3.12 Å². The van der Waals surface area contributed by atoms with Crippen molar-refractivity contribution in [2.75, 3.05) is 12.4 Å². The lowest BCUT2D eigenvalue weighted by atomic mass is 9.98. The zero-order valence-corrected chi connectivity index (χ0v) is 13.9. The first-order valence-electron chi connectivity index (χ1n) is 4.87. The molecule has 0 bridgehead atoms. The van der Waals surface area contributed by atoms with Gasteiger partial charge >= 0.3 is 6.09 Å². The van der Waals surface area contributed by atoms with Gasteiger partial charge in [0.1, 0.15) is 0 Å². The maximum Gasteiger partial charge on any atom is 0.446 e. The third-order valence-corrected chi connectivity index (χ3v) is 3.05. The van der Waals surface area contributed by atoms with Gasteiger partial charge in [0, 0.05) is 24.4 Å². The first-order chi connectivity index (χ1) is 8.61. The summed E-state index contributed by atoms with van der Waals surface area (Å²) in [5.74, 6) is 0.135. The van der Waals surface area contributed by atoms with Gasteiger partial charge in [-0.05, 0) is 13.8 Å². The zero-order valence-electron chi connectivity index (χ0n) is 10.1. The summed E-state index contributed by atoms with van der Waals surface area (Å²) in [4.78, 5) is 16.2. The second-order valence-electron chi connectivity index (χ2n) is 3.75. The van der Waals surface area contributed by atoms with Gasteiger partial charge in [0.05, 0.1) is 17.7 Å². The maximum absolute atomic E-state index is 11.6. The number of carbonyl (C=O) groups is 1. The Hall–Kier alpha value is -0.0600. The smallest absolute Gasteiger partial charge is 0.298 e. The number of alkyl halides is 4. The molecule has 5 nitrogen and oxygen atoms in total. The quantitative estimate of drug-likeness (QED) is 0.241. The molecule has 19 heavy (non-hydrogen) atoms. The van der Waals surface area contributed by atoms with Gasteiger partial charge in [-0.15, -0.1) is 11.6 Å². The first kappa shape index (κ1) is 18.9. The molecule has 0 aliphatic rings. The molecule has 0 aromatic rings. The molecule has 0 saturated carbocycles. The van der Waals surface area contributed by atoms with E-state index in [-0.39, 0.29) is 12.4 Å². The Labute approximate surface area is 135 Å². The normalized spacial score (nSPS) is 12.3. The fourth-order valence-corrected chi connectivity index (χ4v) is 2.21. The number of hydrogen-bond acceptors (Lipinski definition) is 5. The second-order valence-corrected chi connectivity index (χ2v) is 8.32. The van der Waals surface area contributed by atoms with Crippen LogP contribution < -0.4 is 0 Å². The van der Waals surface area contributed by atoms with Crippen LogP contribution in [0.4, 0.5) is 4.79 Å². The molecular weight excluding hydrogens is 356 g/mol. The summed E-state index contributed by atoms with van der Waals surface area (Å²) in [5, 5.41) is 12.2. The van der Waals surface area contributed by atoms with Crippen molar-refractivity contribution in [3.63, 3.8) is 0 Å². The van der Waals surface area contributed by atoms with Crippen LogP contribution in [0.15, 0.2) is 5.16 Å². The topological polar surface area (TPSA) is 65.7 Å². The van der Waals surface area contributed by atoms with Gasteiger partial charge in [0.2, 0.25) is 0 Å². The van der Waals surface area contributed by atoms with Gasteiger partial charge in [-0.25, -0.2) is 9.10 Å². The highest BCUT2D eigenvalue weighted by Crippen LogP contribution is 2.41. The van der Waals surface area contributed by atoms with Crippen LogP contribution in [-0.2, 0) is 4.84 Å². The van der Waals surface area contributed by atoms with Crippen molar-refractivity contribution in [1.82, 2.24) is 4.31 Å². The largest absolute Gasteiger partial charge is 0.446 e. The lowest BCUT2D eigenvalue weighted by Crippen LogP contribution is -2.28. The van der Waals surface area contributed by atoms with Crippen molar-refractivity contribution in [2.45, 2.75) is 17.0 Å². The molecule has 0 aliphatic heterocycles. The summed E-state index contributed by atoms with van der Waals surface area (Å²) in [5.41, 5.74) is -0.847. The van der Waals surface area contributed by atoms with E-state index in [2.05, 4.69) is 9.99 Å². The second kappa shape index (κ2) is 8.28. The summed E-state index contributed by atoms with van der Waals surface area (Å²) in [6.45, 7) is 3.32. The number of carbonyl (C=O) groups excluding carboxylic acids is 1. The minimum Gasteiger partial charge on any atom is -0.298 e. The molecule has 0 aliphatic carbocycles. The third kappa shape index (κ3) is 9.47. The van der Waals surface area contributed by atoms with Crippen molar-refractivity contribution in [3.05, 3.63) is 0 Å². The number of hydrogen-bond donors (Lipinski definition) is 0. The predicted molar refractivity (Wildman–Crippen MR) is 79.7 cm³/mol. The Morgan fingerprint density at radius 2 is 2.11 bits per heavy atom. The molecule has 10 heteroatoms. The van der Waals surface area contributed by atoms with E-state index < -0.39 is 14.6 Å². The number of amides is 1. The van der Waals surface area contributed by atoms with E-state index in [1.165, 1.54) is 6.21 Å². The van der Waals surface area contributed by atoms with E-state index in [0.717, 1.165) is 4.31 Å². The van der Waals surface area contributed by atoms with Gasteiger partial charge in [-0.3, -0.25) is 4.84 Å². The number of oxime groups is 1. The molecule has 0 aromatic heterocycles. The number of rotatable bonds is 5. The third-order valence-electron chi connectivity index (χ3n) is 1.50. The van der Waals surface area contributed by atoms with Crippen LogP contribution >= 0.6 is 58.4 Å². The molecular formula is C9H11Cl4N3O2S. The van der Waals surface area contributed by atoms with E-state index in [9.17, 15) is 4.79 Å². The van der Waals surface area contributed by atoms with Crippen LogP contribution in [0.25, 0.3) is 0 Å². The van der Waals surface area contributed by atoms with E-state index in [0.29, 0.717) is 11.9 Å². The summed E-state index contributed by atoms with van der Waals surface area (Å²) in [6.07, 6.45) is 0.353. The zero-order chi connectivity index (χ0) is 15.1. The average molecular weight is 367 g/mol. The molecule has 0 heterocycles. The van der Waals surface area contributed by atoms with Crippen molar-refractivity contribution in [3.8, 4) is 6.07 Å². The number of halogens is 4. The van der Waals surface area contributed by atoms with Crippen molar-refractivity contribution >= 4 is 70.7 Å². The van der Waals surface area contributed by atoms with Crippen LogP contribution in [0.5, 0.6) is 0 Å². The maximum atomic E-state index is 11.6. The Morgan fingerprint density at radius 1 is 1.53 bits per heavy atom. The fourth-order valence-electron chi connectivity index (χ4n) is 0.654. The first-order valence-corrected chi connectivity index (χ1v) is 7.31. The number of nitriles is 1. The van der Waals surface area contributed by atoms with Crippen LogP contribution in [0.2, 0.25) is 0 Å². The van der Waals surface area contributed by atoms with Gasteiger partial charge < -0.3 is 0 Å². The molecule has 0 atom stereocenters. The lowest BCUT2D eigenvalue weighted by Gasteiger charge is -2.21. The monoisotopic (exact) mass is 365 g/mol. The fraction of sp³-hybridized carbons (Fsp3) is 0.667. The molecule has 0 spiro atoms. The highest BCUT2D eigenvalue weighted by atomic mass is 35.6. The Balaban J connectivity index is 4.55. The van der Waals surface area contributed by atoms with Crippen molar-refractivity contribution in [2.24, 2.45) is 10.6 Å². The van der Waals surface area contributed by atoms with Crippen LogP contribution in [0.3, 0.4) is 0 Å². The Morgan fingerprint density at radius 3 is 2.53 bits per heavy atom. The predicted octanol–water partition coefficient (Wildman–Crippen LogP) is 4.18. The SMILES string of the molecule is CC(C)(C#N)C=NOC(=O)N(CCCl)SC(Cl)(Cl)Cl. The molecule has 0 fully saturated rings. The lowest BCUT2D eigenvalue weighted by molar-refractivity contribution is 0.133. The molecule has 0 N–H and O–H groups in total. The Kier molecular flexibility index (Phi) is 8.25. The van der Waals surface area contributed by atoms with E-state index >= 15 is 0 Å². The van der Waals surface area contributed by atoms with E-state index in [1.54, 1.807) is 13.8 Å². The van der Waals surface area contributed by atoms with Gasteiger partial charge in [-0.1, -0.05) is 40.0 Å². The molecule has 0 aromatic carbocycles. The van der Waals surface area contributed by atoms with Gasteiger partial charge in [-0.2, -0.15) is 5.26 Å². The summed E-state index contributed by atoms with van der Waals surface area (Å²) < 4.78 is -0.697. The minimum atomic E-state index is -1.72. The van der Waals surface area contributed by atoms with Gasteiger partial charge in [0.15, 0.2) is 0 Å². The molecule has 1 amide bonds. The molecule has 0 unspecified atom stereocenters. The summed E-state index contributed by atoms with van der Waals surface area (Å²) in [6, 6.07) is 1.96. The average Bonchev–Trinajstić information content (AvgIpc) is 2.26. The van der Waals surface area contributed by atoms with E-state index in [4.69, 9.17) is 51.7 Å². The highest BCUT2D eigenvalue weighted by Gasteiger charge is 2.29. The number of nitrogens with zero attached hydrogens (tertiary/aromatic N) is 3. The summed E-state index contributed by atoms with van der Waals surface area (Å²) in [7, 11) is 0. The van der Waals surface area contributed by atoms with Crippen molar-refractivity contribution < 1.29 is 9.63 Å². The Bertz CT molecular complexity index is 379.